The molecule has 0 radical (unpaired) electrons. The van der Waals surface area contributed by atoms with E-state index in [1.165, 1.54) is 0 Å². The molecule has 0 spiro atoms. The van der Waals surface area contributed by atoms with Crippen LogP contribution in [-0.4, -0.2) is 41.2 Å². The van der Waals surface area contributed by atoms with Crippen LogP contribution in [0.1, 0.15) is 12.8 Å². The minimum atomic E-state index is -1.17. The second-order valence-corrected chi connectivity index (χ2v) is 2.75. The van der Waals surface area contributed by atoms with E-state index in [2.05, 4.69) is 4.74 Å². The fourth-order valence-corrected chi connectivity index (χ4v) is 1.17. The van der Waals surface area contributed by atoms with E-state index in [1.54, 1.807) is 0 Å². The highest BCUT2D eigenvalue weighted by molar-refractivity contribution is 5.72. The number of aliphatic hydroxyl groups is 1. The molecule has 6 nitrogen and oxygen atoms in total. The second-order valence-electron chi connectivity index (χ2n) is 2.75. The van der Waals surface area contributed by atoms with E-state index in [-0.39, 0.29) is 19.3 Å². The average molecular weight is 190 g/mol. The van der Waals surface area contributed by atoms with Gasteiger partial charge in [-0.3, -0.25) is 4.79 Å². The van der Waals surface area contributed by atoms with E-state index >= 15 is 0 Å². The van der Waals surface area contributed by atoms with Gasteiger partial charge in [0.25, 0.3) is 6.47 Å². The zero-order chi connectivity index (χ0) is 9.84. The highest BCUT2D eigenvalue weighted by Gasteiger charge is 2.33. The molecule has 0 amide bonds. The first-order valence-corrected chi connectivity index (χ1v) is 3.79. The fraction of sp³-hybridized carbons (Fsp3) is 0.714. The van der Waals surface area contributed by atoms with Crippen LogP contribution in [0, 0.1) is 0 Å². The SMILES string of the molecule is O=COC1CC(O)CC(C(=O)O)O1. The first kappa shape index (κ1) is 9.94. The molecule has 3 atom stereocenters. The van der Waals surface area contributed by atoms with Gasteiger partial charge in [-0.15, -0.1) is 0 Å². The number of ether oxygens (including phenoxy) is 2. The van der Waals surface area contributed by atoms with Crippen molar-refractivity contribution in [2.24, 2.45) is 0 Å². The van der Waals surface area contributed by atoms with Crippen LogP contribution in [0.4, 0.5) is 0 Å². The molecular formula is C7H10O6. The van der Waals surface area contributed by atoms with E-state index in [9.17, 15) is 14.7 Å². The largest absolute Gasteiger partial charge is 0.479 e. The molecule has 0 aromatic carbocycles. The molecule has 13 heavy (non-hydrogen) atoms. The van der Waals surface area contributed by atoms with E-state index in [4.69, 9.17) is 9.84 Å². The predicted molar refractivity (Wildman–Crippen MR) is 38.7 cm³/mol. The monoisotopic (exact) mass is 190 g/mol. The molecule has 1 fully saturated rings. The third-order valence-electron chi connectivity index (χ3n) is 1.75. The van der Waals surface area contributed by atoms with Gasteiger partial charge in [-0.1, -0.05) is 0 Å². The van der Waals surface area contributed by atoms with Crippen molar-refractivity contribution in [1.29, 1.82) is 0 Å². The zero-order valence-electron chi connectivity index (χ0n) is 6.75. The molecule has 74 valence electrons. The van der Waals surface area contributed by atoms with Gasteiger partial charge in [-0.2, -0.15) is 0 Å². The third kappa shape index (κ3) is 2.67. The number of hydrogen-bond acceptors (Lipinski definition) is 5. The van der Waals surface area contributed by atoms with Crippen molar-refractivity contribution in [2.45, 2.75) is 31.3 Å². The van der Waals surface area contributed by atoms with Crippen LogP contribution < -0.4 is 0 Å². The lowest BCUT2D eigenvalue weighted by atomic mass is 10.1. The summed E-state index contributed by atoms with van der Waals surface area (Å²) in [7, 11) is 0. The van der Waals surface area contributed by atoms with E-state index in [1.807, 2.05) is 0 Å². The number of aliphatic carboxylic acids is 1. The Bertz CT molecular complexity index is 203. The quantitative estimate of drug-likeness (QED) is 0.561. The molecule has 0 aromatic heterocycles. The summed E-state index contributed by atoms with van der Waals surface area (Å²) >= 11 is 0. The minimum absolute atomic E-state index is 0.0219. The first-order valence-electron chi connectivity index (χ1n) is 3.79. The molecular weight excluding hydrogens is 180 g/mol. The maximum Gasteiger partial charge on any atom is 0.333 e. The van der Waals surface area contributed by atoms with Crippen molar-refractivity contribution in [3.8, 4) is 0 Å². The van der Waals surface area contributed by atoms with Crippen LogP contribution in [0.15, 0.2) is 0 Å². The molecule has 1 saturated heterocycles. The highest BCUT2D eigenvalue weighted by atomic mass is 16.7. The Kier molecular flexibility index (Phi) is 3.21. The van der Waals surface area contributed by atoms with Gasteiger partial charge in [0.15, 0.2) is 6.10 Å². The van der Waals surface area contributed by atoms with Gasteiger partial charge in [-0.25, -0.2) is 4.79 Å². The maximum absolute atomic E-state index is 10.5. The Morgan fingerprint density at radius 1 is 1.54 bits per heavy atom. The van der Waals surface area contributed by atoms with Crippen molar-refractivity contribution in [3.63, 3.8) is 0 Å². The molecule has 2 N–H and O–H groups in total. The first-order chi connectivity index (χ1) is 6.13. The summed E-state index contributed by atoms with van der Waals surface area (Å²) in [6.07, 6.45) is -2.73. The molecule has 1 rings (SSSR count). The van der Waals surface area contributed by atoms with Gasteiger partial charge in [0.2, 0.25) is 6.29 Å². The van der Waals surface area contributed by atoms with Crippen molar-refractivity contribution in [2.75, 3.05) is 0 Å². The Morgan fingerprint density at radius 2 is 2.23 bits per heavy atom. The van der Waals surface area contributed by atoms with Gasteiger partial charge in [0.1, 0.15) is 0 Å². The van der Waals surface area contributed by atoms with Gasteiger partial charge in [0.05, 0.1) is 6.10 Å². The van der Waals surface area contributed by atoms with Crippen LogP contribution in [0.3, 0.4) is 0 Å². The maximum atomic E-state index is 10.5. The summed E-state index contributed by atoms with van der Waals surface area (Å²) in [6.45, 7) is 0.168. The standard InChI is InChI=1S/C7H10O6/c8-3-12-6-2-4(9)1-5(13-6)7(10)11/h3-6,9H,1-2H2,(H,10,11). The lowest BCUT2D eigenvalue weighted by molar-refractivity contribution is -0.214. The summed E-state index contributed by atoms with van der Waals surface area (Å²) < 4.78 is 9.25. The summed E-state index contributed by atoms with van der Waals surface area (Å²) in [5.74, 6) is -1.17. The predicted octanol–water partition coefficient (Wildman–Crippen LogP) is -0.890. The Labute approximate surface area is 74.1 Å². The van der Waals surface area contributed by atoms with Crippen LogP contribution >= 0.6 is 0 Å². The van der Waals surface area contributed by atoms with Crippen molar-refractivity contribution in [1.82, 2.24) is 0 Å². The van der Waals surface area contributed by atoms with Crippen LogP contribution in [-0.2, 0) is 19.1 Å². The summed E-state index contributed by atoms with van der Waals surface area (Å²) in [5, 5.41) is 17.7. The topological polar surface area (TPSA) is 93.1 Å². The molecule has 3 unspecified atom stereocenters. The minimum Gasteiger partial charge on any atom is -0.479 e. The molecule has 1 aliphatic rings. The summed E-state index contributed by atoms with van der Waals surface area (Å²) in [6, 6.07) is 0. The fourth-order valence-electron chi connectivity index (χ4n) is 1.17. The molecule has 0 saturated carbocycles. The Morgan fingerprint density at radius 3 is 2.77 bits per heavy atom. The number of carbonyl (C=O) groups excluding carboxylic acids is 1. The summed E-state index contributed by atoms with van der Waals surface area (Å²) in [5.41, 5.74) is 0. The van der Waals surface area contributed by atoms with Crippen molar-refractivity contribution in [3.05, 3.63) is 0 Å². The van der Waals surface area contributed by atoms with Crippen molar-refractivity contribution >= 4 is 12.4 Å². The van der Waals surface area contributed by atoms with Gasteiger partial charge < -0.3 is 19.7 Å². The average Bonchev–Trinajstić information content (AvgIpc) is 2.03. The molecule has 0 bridgehead atoms. The summed E-state index contributed by atoms with van der Waals surface area (Å²) in [4.78, 5) is 20.4. The number of carboxylic acid groups (broad SMARTS) is 1. The van der Waals surface area contributed by atoms with Crippen molar-refractivity contribution < 1.29 is 29.3 Å². The number of rotatable bonds is 3. The molecule has 0 aromatic rings. The smallest absolute Gasteiger partial charge is 0.333 e. The van der Waals surface area contributed by atoms with E-state index < -0.39 is 24.5 Å². The van der Waals surface area contributed by atoms with E-state index in [0.29, 0.717) is 0 Å². The Hall–Kier alpha value is -1.14. The zero-order valence-corrected chi connectivity index (χ0v) is 6.75. The van der Waals surface area contributed by atoms with Gasteiger partial charge in [0, 0.05) is 12.8 Å². The third-order valence-corrected chi connectivity index (χ3v) is 1.75. The molecule has 0 aliphatic carbocycles. The number of hydrogen-bond donors (Lipinski definition) is 2. The number of carboxylic acids is 1. The van der Waals surface area contributed by atoms with Crippen LogP contribution in [0.25, 0.3) is 0 Å². The molecule has 1 heterocycles. The molecule has 1 aliphatic heterocycles. The van der Waals surface area contributed by atoms with E-state index in [0.717, 1.165) is 0 Å². The lowest BCUT2D eigenvalue weighted by Gasteiger charge is -2.29. The Balaban J connectivity index is 2.51. The number of aliphatic hydroxyl groups excluding tert-OH is 1. The number of carbonyl (C=O) groups is 2. The van der Waals surface area contributed by atoms with Crippen LogP contribution in [0.5, 0.6) is 0 Å². The molecule has 6 heteroatoms. The van der Waals surface area contributed by atoms with Gasteiger partial charge in [-0.05, 0) is 0 Å². The van der Waals surface area contributed by atoms with Crippen LogP contribution in [0.2, 0.25) is 0 Å². The lowest BCUT2D eigenvalue weighted by Crippen LogP contribution is -2.41. The second kappa shape index (κ2) is 4.20. The van der Waals surface area contributed by atoms with Gasteiger partial charge >= 0.3 is 5.97 Å². The normalized spacial score (nSPS) is 33.8. The highest BCUT2D eigenvalue weighted by Crippen LogP contribution is 2.20.